The summed E-state index contributed by atoms with van der Waals surface area (Å²) >= 11 is 0. The number of nitrogens with one attached hydrogen (secondary N) is 2. The van der Waals surface area contributed by atoms with Gasteiger partial charge in [-0.25, -0.2) is 0 Å². The van der Waals surface area contributed by atoms with Crippen LogP contribution in [0.5, 0.6) is 5.75 Å². The number of benzene rings is 1. The Morgan fingerprint density at radius 1 is 1.14 bits per heavy atom. The van der Waals surface area contributed by atoms with E-state index in [0.29, 0.717) is 5.92 Å². The monoisotopic (exact) mass is 291 g/mol. The first-order chi connectivity index (χ1) is 10.2. The second-order valence-electron chi connectivity index (χ2n) is 5.56. The van der Waals surface area contributed by atoms with E-state index in [1.165, 1.54) is 5.56 Å². The number of hydrogen-bond donors (Lipinski definition) is 2. The maximum atomic E-state index is 5.16. The fraction of sp³-hybridized carbons (Fsp3) is 0.588. The summed E-state index contributed by atoms with van der Waals surface area (Å²) in [6.45, 7) is 6.35. The molecule has 21 heavy (non-hydrogen) atoms. The molecule has 0 spiro atoms. The average molecular weight is 291 g/mol. The van der Waals surface area contributed by atoms with E-state index in [4.69, 9.17) is 4.74 Å². The molecule has 0 saturated carbocycles. The Morgan fingerprint density at radius 2 is 1.81 bits per heavy atom. The molecule has 0 aliphatic rings. The first kappa shape index (κ1) is 17.3. The van der Waals surface area contributed by atoms with Gasteiger partial charge in [0.25, 0.3) is 0 Å². The Morgan fingerprint density at radius 3 is 2.38 bits per heavy atom. The van der Waals surface area contributed by atoms with Crippen molar-refractivity contribution >= 4 is 5.96 Å². The molecule has 0 aromatic heterocycles. The molecule has 0 saturated heterocycles. The van der Waals surface area contributed by atoms with Crippen molar-refractivity contribution < 1.29 is 4.74 Å². The molecule has 0 fully saturated rings. The third-order valence-electron chi connectivity index (χ3n) is 3.33. The molecule has 1 aromatic rings. The van der Waals surface area contributed by atoms with Crippen molar-refractivity contribution in [2.45, 2.75) is 33.1 Å². The molecule has 118 valence electrons. The lowest BCUT2D eigenvalue weighted by Crippen LogP contribution is -2.38. The van der Waals surface area contributed by atoms with Crippen molar-refractivity contribution in [3.8, 4) is 5.75 Å². The van der Waals surface area contributed by atoms with E-state index in [9.17, 15) is 0 Å². The highest BCUT2D eigenvalue weighted by atomic mass is 16.5. The van der Waals surface area contributed by atoms with Gasteiger partial charge in [-0.05, 0) is 42.9 Å². The van der Waals surface area contributed by atoms with Crippen LogP contribution in [0.15, 0.2) is 29.3 Å². The van der Waals surface area contributed by atoms with Crippen LogP contribution in [0, 0.1) is 5.92 Å². The van der Waals surface area contributed by atoms with Crippen LogP contribution in [0.2, 0.25) is 0 Å². The van der Waals surface area contributed by atoms with Crippen LogP contribution >= 0.6 is 0 Å². The summed E-state index contributed by atoms with van der Waals surface area (Å²) in [7, 11) is 3.50. The van der Waals surface area contributed by atoms with Crippen molar-refractivity contribution in [2.24, 2.45) is 10.9 Å². The number of nitrogens with zero attached hydrogens (tertiary/aromatic N) is 1. The highest BCUT2D eigenvalue weighted by Crippen LogP contribution is 2.12. The van der Waals surface area contributed by atoms with E-state index >= 15 is 0 Å². The zero-order valence-electron chi connectivity index (χ0n) is 13.8. The average Bonchev–Trinajstić information content (AvgIpc) is 2.50. The third-order valence-corrected chi connectivity index (χ3v) is 3.33. The molecule has 0 aliphatic carbocycles. The standard InChI is InChI=1S/C17H29N3O/c1-14(2)11-13-20-17(18-3)19-12-5-6-15-7-9-16(21-4)10-8-15/h7-10,14H,5-6,11-13H2,1-4H3,(H2,18,19,20). The zero-order chi connectivity index (χ0) is 15.5. The molecule has 0 bridgehead atoms. The van der Waals surface area contributed by atoms with Crippen LogP contribution in [0.4, 0.5) is 0 Å². The van der Waals surface area contributed by atoms with Crippen LogP contribution in [0.1, 0.15) is 32.3 Å². The fourth-order valence-corrected chi connectivity index (χ4v) is 1.99. The van der Waals surface area contributed by atoms with Crippen molar-refractivity contribution in [3.05, 3.63) is 29.8 Å². The maximum absolute atomic E-state index is 5.16. The van der Waals surface area contributed by atoms with E-state index in [2.05, 4.69) is 41.6 Å². The highest BCUT2D eigenvalue weighted by molar-refractivity contribution is 5.79. The van der Waals surface area contributed by atoms with E-state index in [0.717, 1.165) is 44.1 Å². The van der Waals surface area contributed by atoms with Gasteiger partial charge in [-0.1, -0.05) is 26.0 Å². The van der Waals surface area contributed by atoms with Crippen molar-refractivity contribution in [3.63, 3.8) is 0 Å². The third kappa shape index (κ3) is 7.59. The van der Waals surface area contributed by atoms with E-state index in [1.54, 1.807) is 7.11 Å². The number of methoxy groups -OCH3 is 1. The summed E-state index contributed by atoms with van der Waals surface area (Å²) in [5.41, 5.74) is 1.33. The Bertz CT molecular complexity index is 413. The van der Waals surface area contributed by atoms with E-state index in [-0.39, 0.29) is 0 Å². The number of aliphatic imine (C=N–C) groups is 1. The molecule has 4 nitrogen and oxygen atoms in total. The van der Waals surface area contributed by atoms with Crippen LogP contribution < -0.4 is 15.4 Å². The molecule has 0 amide bonds. The molecule has 0 unspecified atom stereocenters. The van der Waals surface area contributed by atoms with E-state index in [1.807, 2.05) is 19.2 Å². The molecule has 0 aliphatic heterocycles. The lowest BCUT2D eigenvalue weighted by atomic mass is 10.1. The number of guanidine groups is 1. The summed E-state index contributed by atoms with van der Waals surface area (Å²) < 4.78 is 5.16. The van der Waals surface area contributed by atoms with Gasteiger partial charge in [-0.3, -0.25) is 4.99 Å². The molecule has 1 aromatic carbocycles. The normalized spacial score (nSPS) is 11.6. The Labute approximate surface area is 129 Å². The molecule has 0 heterocycles. The van der Waals surface area contributed by atoms with Crippen LogP contribution in [0.25, 0.3) is 0 Å². The van der Waals surface area contributed by atoms with Crippen molar-refractivity contribution in [2.75, 3.05) is 27.2 Å². The van der Waals surface area contributed by atoms with Crippen LogP contribution in [0.3, 0.4) is 0 Å². The summed E-state index contributed by atoms with van der Waals surface area (Å²) in [6, 6.07) is 8.26. The minimum Gasteiger partial charge on any atom is -0.497 e. The first-order valence-corrected chi connectivity index (χ1v) is 7.73. The second-order valence-corrected chi connectivity index (χ2v) is 5.56. The number of ether oxygens (including phenoxy) is 1. The van der Waals surface area contributed by atoms with Gasteiger partial charge >= 0.3 is 0 Å². The van der Waals surface area contributed by atoms with Gasteiger partial charge in [0, 0.05) is 20.1 Å². The van der Waals surface area contributed by atoms with Gasteiger partial charge in [0.1, 0.15) is 5.75 Å². The van der Waals surface area contributed by atoms with Gasteiger partial charge < -0.3 is 15.4 Å². The van der Waals surface area contributed by atoms with Crippen LogP contribution in [-0.2, 0) is 6.42 Å². The minimum absolute atomic E-state index is 0.714. The smallest absolute Gasteiger partial charge is 0.190 e. The van der Waals surface area contributed by atoms with Crippen molar-refractivity contribution in [1.29, 1.82) is 0 Å². The number of rotatable bonds is 8. The Hall–Kier alpha value is -1.71. The SMILES string of the molecule is CN=C(NCCCc1ccc(OC)cc1)NCCC(C)C. The summed E-state index contributed by atoms with van der Waals surface area (Å²) in [5, 5.41) is 6.69. The molecule has 2 N–H and O–H groups in total. The first-order valence-electron chi connectivity index (χ1n) is 7.73. The Balaban J connectivity index is 2.19. The molecular weight excluding hydrogens is 262 g/mol. The van der Waals surface area contributed by atoms with Gasteiger partial charge in [0.15, 0.2) is 5.96 Å². The predicted octanol–water partition coefficient (Wildman–Crippen LogP) is 2.84. The van der Waals surface area contributed by atoms with Gasteiger partial charge in [0.05, 0.1) is 7.11 Å². The highest BCUT2D eigenvalue weighted by Gasteiger charge is 1.99. The lowest BCUT2D eigenvalue weighted by molar-refractivity contribution is 0.414. The van der Waals surface area contributed by atoms with Gasteiger partial charge in [-0.2, -0.15) is 0 Å². The quantitative estimate of drug-likeness (QED) is 0.440. The van der Waals surface area contributed by atoms with E-state index < -0.39 is 0 Å². The number of aryl methyl sites for hydroxylation is 1. The predicted molar refractivity (Wildman–Crippen MR) is 90.1 cm³/mol. The Kier molecular flexibility index (Phi) is 8.32. The van der Waals surface area contributed by atoms with Gasteiger partial charge in [0.2, 0.25) is 0 Å². The fourth-order valence-electron chi connectivity index (χ4n) is 1.99. The summed E-state index contributed by atoms with van der Waals surface area (Å²) in [6.07, 6.45) is 3.30. The zero-order valence-corrected chi connectivity index (χ0v) is 13.8. The maximum Gasteiger partial charge on any atom is 0.190 e. The minimum atomic E-state index is 0.714. The largest absolute Gasteiger partial charge is 0.497 e. The van der Waals surface area contributed by atoms with Crippen molar-refractivity contribution in [1.82, 2.24) is 10.6 Å². The van der Waals surface area contributed by atoms with Gasteiger partial charge in [-0.15, -0.1) is 0 Å². The summed E-state index contributed by atoms with van der Waals surface area (Å²) in [4.78, 5) is 4.23. The topological polar surface area (TPSA) is 45.7 Å². The molecular formula is C17H29N3O. The molecule has 4 heteroatoms. The number of hydrogen-bond acceptors (Lipinski definition) is 2. The second kappa shape index (κ2) is 10.1. The lowest BCUT2D eigenvalue weighted by Gasteiger charge is -2.12. The molecule has 0 radical (unpaired) electrons. The molecule has 1 rings (SSSR count). The van der Waals surface area contributed by atoms with Crippen LogP contribution in [-0.4, -0.2) is 33.2 Å². The summed E-state index contributed by atoms with van der Waals surface area (Å²) in [5.74, 6) is 2.52. The molecule has 0 atom stereocenters.